The molecule has 0 aliphatic heterocycles. The number of benzene rings is 1. The third kappa shape index (κ3) is 5.77. The minimum Gasteiger partial charge on any atom is -0.481 e. The van der Waals surface area contributed by atoms with Crippen molar-refractivity contribution < 1.29 is 24.2 Å². The van der Waals surface area contributed by atoms with Crippen molar-refractivity contribution in [2.75, 3.05) is 17.7 Å². The van der Waals surface area contributed by atoms with Gasteiger partial charge in [-0.3, -0.25) is 14.9 Å². The minimum atomic E-state index is -0.854. The molecule has 0 radical (unpaired) electrons. The van der Waals surface area contributed by atoms with Crippen LogP contribution >= 0.6 is 0 Å². The van der Waals surface area contributed by atoms with Crippen LogP contribution < -0.4 is 10.6 Å². The largest absolute Gasteiger partial charge is 0.481 e. The number of carboxylic acids is 1. The molecule has 25 heavy (non-hydrogen) atoms. The van der Waals surface area contributed by atoms with Gasteiger partial charge in [-0.25, -0.2) is 4.79 Å². The number of hydrogen-bond acceptors (Lipinski definition) is 4. The summed E-state index contributed by atoms with van der Waals surface area (Å²) >= 11 is 0. The SMILES string of the molecule is COC(=O)Nc1ccc(NC(=O)CC2(CC(=O)O)CCCCC2)cc1. The number of hydrogen-bond donors (Lipinski definition) is 3. The Morgan fingerprint density at radius 3 is 2.08 bits per heavy atom. The zero-order valence-corrected chi connectivity index (χ0v) is 14.3. The van der Waals surface area contributed by atoms with Crippen molar-refractivity contribution in [1.29, 1.82) is 0 Å². The molecule has 1 fully saturated rings. The van der Waals surface area contributed by atoms with Crippen molar-refractivity contribution in [3.05, 3.63) is 24.3 Å². The number of methoxy groups -OCH3 is 1. The molecule has 1 aliphatic rings. The van der Waals surface area contributed by atoms with E-state index in [4.69, 9.17) is 0 Å². The molecule has 0 spiro atoms. The Balaban J connectivity index is 1.96. The second-order valence-electron chi connectivity index (χ2n) is 6.55. The van der Waals surface area contributed by atoms with Gasteiger partial charge in [-0.2, -0.15) is 0 Å². The average Bonchev–Trinajstić information content (AvgIpc) is 2.56. The van der Waals surface area contributed by atoms with Crippen molar-refractivity contribution in [3.63, 3.8) is 0 Å². The van der Waals surface area contributed by atoms with Crippen LogP contribution in [0.3, 0.4) is 0 Å². The van der Waals surface area contributed by atoms with Gasteiger partial charge in [0, 0.05) is 17.8 Å². The molecule has 1 aromatic rings. The molecule has 0 bridgehead atoms. The van der Waals surface area contributed by atoms with Gasteiger partial charge in [0.15, 0.2) is 0 Å². The van der Waals surface area contributed by atoms with E-state index in [0.29, 0.717) is 11.4 Å². The summed E-state index contributed by atoms with van der Waals surface area (Å²) in [5.74, 6) is -1.04. The zero-order valence-electron chi connectivity index (χ0n) is 14.3. The third-order valence-corrected chi connectivity index (χ3v) is 4.58. The predicted molar refractivity (Wildman–Crippen MR) is 93.5 cm³/mol. The lowest BCUT2D eigenvalue weighted by Crippen LogP contribution is -2.32. The summed E-state index contributed by atoms with van der Waals surface area (Å²) in [4.78, 5) is 34.7. The van der Waals surface area contributed by atoms with Gasteiger partial charge < -0.3 is 15.2 Å². The van der Waals surface area contributed by atoms with Gasteiger partial charge in [0.2, 0.25) is 5.91 Å². The summed E-state index contributed by atoms with van der Waals surface area (Å²) < 4.78 is 4.51. The van der Waals surface area contributed by atoms with Crippen LogP contribution in [0.2, 0.25) is 0 Å². The Bertz CT molecular complexity index is 621. The minimum absolute atomic E-state index is 0.0302. The average molecular weight is 348 g/mol. The second kappa shape index (κ2) is 8.50. The first-order valence-electron chi connectivity index (χ1n) is 8.39. The Morgan fingerprint density at radius 2 is 1.56 bits per heavy atom. The summed E-state index contributed by atoms with van der Waals surface area (Å²) in [6.07, 6.45) is 4.25. The molecule has 0 aromatic heterocycles. The summed E-state index contributed by atoms with van der Waals surface area (Å²) in [7, 11) is 1.28. The van der Waals surface area contributed by atoms with E-state index < -0.39 is 17.5 Å². The fourth-order valence-corrected chi connectivity index (χ4v) is 3.39. The highest BCUT2D eigenvalue weighted by atomic mass is 16.5. The molecule has 136 valence electrons. The van der Waals surface area contributed by atoms with Crippen LogP contribution in [0.1, 0.15) is 44.9 Å². The molecule has 0 heterocycles. The Kier molecular flexibility index (Phi) is 6.38. The normalized spacial score (nSPS) is 15.9. The molecule has 7 nitrogen and oxygen atoms in total. The van der Waals surface area contributed by atoms with Crippen LogP contribution in [0.25, 0.3) is 0 Å². The number of amides is 2. The van der Waals surface area contributed by atoms with Gasteiger partial charge in [-0.05, 0) is 42.5 Å². The number of anilines is 2. The molecule has 0 unspecified atom stereocenters. The highest BCUT2D eigenvalue weighted by Gasteiger charge is 2.36. The van der Waals surface area contributed by atoms with E-state index in [0.717, 1.165) is 32.1 Å². The molecule has 7 heteroatoms. The van der Waals surface area contributed by atoms with Crippen LogP contribution in [0, 0.1) is 5.41 Å². The first-order valence-corrected chi connectivity index (χ1v) is 8.39. The molecule has 2 rings (SSSR count). The summed E-state index contributed by atoms with van der Waals surface area (Å²) in [5.41, 5.74) is 0.710. The van der Waals surface area contributed by atoms with Crippen molar-refractivity contribution in [2.45, 2.75) is 44.9 Å². The van der Waals surface area contributed by atoms with Gasteiger partial charge in [0.1, 0.15) is 0 Å². The highest BCUT2D eigenvalue weighted by Crippen LogP contribution is 2.42. The number of rotatable bonds is 6. The number of carbonyl (C=O) groups is 3. The van der Waals surface area contributed by atoms with Gasteiger partial charge in [-0.15, -0.1) is 0 Å². The van der Waals surface area contributed by atoms with Crippen LogP contribution in [0.4, 0.5) is 16.2 Å². The predicted octanol–water partition coefficient (Wildman–Crippen LogP) is 3.62. The first-order chi connectivity index (χ1) is 11.9. The van der Waals surface area contributed by atoms with E-state index in [1.807, 2.05) is 0 Å². The fourth-order valence-electron chi connectivity index (χ4n) is 3.39. The van der Waals surface area contributed by atoms with Crippen LogP contribution in [-0.4, -0.2) is 30.2 Å². The second-order valence-corrected chi connectivity index (χ2v) is 6.55. The van der Waals surface area contributed by atoms with E-state index >= 15 is 0 Å². The maximum absolute atomic E-state index is 12.4. The van der Waals surface area contributed by atoms with Crippen LogP contribution in [-0.2, 0) is 14.3 Å². The van der Waals surface area contributed by atoms with E-state index in [9.17, 15) is 19.5 Å². The molecule has 1 aliphatic carbocycles. The molecule has 1 aromatic carbocycles. The summed E-state index contributed by atoms with van der Waals surface area (Å²) in [5, 5.41) is 14.5. The first kappa shape index (κ1) is 18.8. The lowest BCUT2D eigenvalue weighted by molar-refractivity contribution is -0.140. The van der Waals surface area contributed by atoms with E-state index in [2.05, 4.69) is 15.4 Å². The number of aliphatic carboxylic acids is 1. The van der Waals surface area contributed by atoms with Crippen molar-refractivity contribution >= 4 is 29.3 Å². The zero-order chi connectivity index (χ0) is 18.3. The topological polar surface area (TPSA) is 105 Å². The Labute approximate surface area is 146 Å². The monoisotopic (exact) mass is 348 g/mol. The van der Waals surface area contributed by atoms with Crippen molar-refractivity contribution in [1.82, 2.24) is 0 Å². The molecule has 2 amide bonds. The van der Waals surface area contributed by atoms with Gasteiger partial charge in [0.05, 0.1) is 13.5 Å². The van der Waals surface area contributed by atoms with E-state index in [1.54, 1.807) is 24.3 Å². The number of nitrogens with one attached hydrogen (secondary N) is 2. The third-order valence-electron chi connectivity index (χ3n) is 4.58. The fraction of sp³-hybridized carbons (Fsp3) is 0.500. The number of ether oxygens (including phenoxy) is 1. The van der Waals surface area contributed by atoms with Crippen molar-refractivity contribution in [3.8, 4) is 0 Å². The van der Waals surface area contributed by atoms with Crippen LogP contribution in [0.15, 0.2) is 24.3 Å². The molecule has 3 N–H and O–H groups in total. The molecular formula is C18H24N2O5. The smallest absolute Gasteiger partial charge is 0.411 e. The number of carboxylic acid groups (broad SMARTS) is 1. The Hall–Kier alpha value is -2.57. The van der Waals surface area contributed by atoms with Gasteiger partial charge >= 0.3 is 12.1 Å². The summed E-state index contributed by atoms with van der Waals surface area (Å²) in [6, 6.07) is 6.65. The molecule has 1 saturated carbocycles. The lowest BCUT2D eigenvalue weighted by Gasteiger charge is -2.35. The molecular weight excluding hydrogens is 324 g/mol. The maximum Gasteiger partial charge on any atom is 0.411 e. The van der Waals surface area contributed by atoms with Crippen LogP contribution in [0.5, 0.6) is 0 Å². The number of carbonyl (C=O) groups excluding carboxylic acids is 2. The highest BCUT2D eigenvalue weighted by molar-refractivity contribution is 5.92. The lowest BCUT2D eigenvalue weighted by atomic mass is 9.69. The van der Waals surface area contributed by atoms with E-state index in [-0.39, 0.29) is 18.7 Å². The maximum atomic E-state index is 12.4. The van der Waals surface area contributed by atoms with E-state index in [1.165, 1.54) is 7.11 Å². The van der Waals surface area contributed by atoms with Gasteiger partial charge in [0.25, 0.3) is 0 Å². The van der Waals surface area contributed by atoms with Gasteiger partial charge in [-0.1, -0.05) is 19.3 Å². The standard InChI is InChI=1S/C18H24N2O5/c1-25-17(24)20-14-7-5-13(6-8-14)19-15(21)11-18(12-16(22)23)9-3-2-4-10-18/h5-8H,2-4,9-12H2,1H3,(H,19,21)(H,20,24)(H,22,23). The molecule has 0 saturated heterocycles. The molecule has 0 atom stereocenters. The summed E-state index contributed by atoms with van der Waals surface area (Å²) in [6.45, 7) is 0. The van der Waals surface area contributed by atoms with Crippen molar-refractivity contribution in [2.24, 2.45) is 5.41 Å². The quantitative estimate of drug-likeness (QED) is 0.728. The Morgan fingerprint density at radius 1 is 1.00 bits per heavy atom.